The summed E-state index contributed by atoms with van der Waals surface area (Å²) in [6.07, 6.45) is 1.64. The molecule has 0 saturated carbocycles. The maximum Gasteiger partial charge on any atom is 0.142 e. The van der Waals surface area contributed by atoms with Crippen LogP contribution in [0.25, 0.3) is 11.1 Å². The van der Waals surface area contributed by atoms with Crippen LogP contribution in [0.4, 0.5) is 4.39 Å². The van der Waals surface area contributed by atoms with Gasteiger partial charge in [0.1, 0.15) is 21.9 Å². The second kappa shape index (κ2) is 6.26. The SMILES string of the molecule is Fc1ccccc1-c1c(Cl)nc(CC2CCOC2)nc1Cl. The van der Waals surface area contributed by atoms with Crippen LogP contribution in [-0.2, 0) is 11.2 Å². The van der Waals surface area contributed by atoms with E-state index in [1.165, 1.54) is 6.07 Å². The number of nitrogens with zero attached hydrogens (tertiary/aromatic N) is 2. The molecule has 0 aliphatic carbocycles. The Morgan fingerprint density at radius 2 is 1.90 bits per heavy atom. The van der Waals surface area contributed by atoms with Crippen LogP contribution < -0.4 is 0 Å². The maximum absolute atomic E-state index is 13.9. The molecule has 3 nitrogen and oxygen atoms in total. The minimum atomic E-state index is -0.401. The van der Waals surface area contributed by atoms with E-state index < -0.39 is 5.82 Å². The second-order valence-corrected chi connectivity index (χ2v) is 5.73. The third kappa shape index (κ3) is 3.18. The Morgan fingerprint density at radius 3 is 2.52 bits per heavy atom. The summed E-state index contributed by atoms with van der Waals surface area (Å²) in [5, 5.41) is 0.350. The van der Waals surface area contributed by atoms with E-state index >= 15 is 0 Å². The number of aromatic nitrogens is 2. The summed E-state index contributed by atoms with van der Waals surface area (Å²) in [5.41, 5.74) is 0.645. The maximum atomic E-state index is 13.9. The normalized spacial score (nSPS) is 18.1. The van der Waals surface area contributed by atoms with E-state index in [2.05, 4.69) is 9.97 Å². The van der Waals surface area contributed by atoms with Crippen molar-refractivity contribution in [2.75, 3.05) is 13.2 Å². The van der Waals surface area contributed by atoms with Crippen LogP contribution in [0.3, 0.4) is 0 Å². The van der Waals surface area contributed by atoms with Gasteiger partial charge in [-0.2, -0.15) is 0 Å². The first kappa shape index (κ1) is 14.7. The summed E-state index contributed by atoms with van der Waals surface area (Å²) < 4.78 is 19.2. The third-order valence-corrected chi connectivity index (χ3v) is 4.05. The van der Waals surface area contributed by atoms with Crippen molar-refractivity contribution in [3.05, 3.63) is 46.2 Å². The minimum absolute atomic E-state index is 0.175. The molecule has 0 amide bonds. The third-order valence-electron chi connectivity index (χ3n) is 3.51. The van der Waals surface area contributed by atoms with Gasteiger partial charge in [-0.05, 0) is 18.4 Å². The van der Waals surface area contributed by atoms with Gasteiger partial charge in [0.05, 0.1) is 5.56 Å². The second-order valence-electron chi connectivity index (χ2n) is 5.01. The molecule has 1 unspecified atom stereocenters. The van der Waals surface area contributed by atoms with Crippen LogP contribution in [0.2, 0.25) is 10.3 Å². The molecule has 1 atom stereocenters. The fourth-order valence-corrected chi connectivity index (χ4v) is 3.05. The van der Waals surface area contributed by atoms with Crippen LogP contribution in [-0.4, -0.2) is 23.2 Å². The number of hydrogen-bond acceptors (Lipinski definition) is 3. The van der Waals surface area contributed by atoms with Gasteiger partial charge in [-0.1, -0.05) is 41.4 Å². The predicted octanol–water partition coefficient (Wildman–Crippen LogP) is 4.17. The zero-order valence-corrected chi connectivity index (χ0v) is 12.7. The average molecular weight is 327 g/mol. The summed E-state index contributed by atoms with van der Waals surface area (Å²) in [6.45, 7) is 1.47. The summed E-state index contributed by atoms with van der Waals surface area (Å²) in [7, 11) is 0. The molecule has 2 aromatic rings. The lowest BCUT2D eigenvalue weighted by atomic mass is 10.0. The highest BCUT2D eigenvalue weighted by Crippen LogP contribution is 2.34. The molecule has 1 saturated heterocycles. The molecule has 0 radical (unpaired) electrons. The fraction of sp³-hybridized carbons (Fsp3) is 0.333. The van der Waals surface area contributed by atoms with Gasteiger partial charge in [-0.3, -0.25) is 0 Å². The zero-order valence-electron chi connectivity index (χ0n) is 11.2. The minimum Gasteiger partial charge on any atom is -0.381 e. The van der Waals surface area contributed by atoms with Crippen LogP contribution in [0, 0.1) is 11.7 Å². The molecule has 3 rings (SSSR count). The van der Waals surface area contributed by atoms with Crippen LogP contribution in [0.15, 0.2) is 24.3 Å². The van der Waals surface area contributed by atoms with E-state index in [4.69, 9.17) is 27.9 Å². The van der Waals surface area contributed by atoms with Crippen LogP contribution >= 0.6 is 23.2 Å². The Labute approximate surface area is 132 Å². The van der Waals surface area contributed by atoms with Crippen molar-refractivity contribution in [3.8, 4) is 11.1 Å². The van der Waals surface area contributed by atoms with Gasteiger partial charge < -0.3 is 4.74 Å². The van der Waals surface area contributed by atoms with Gasteiger partial charge in [0.15, 0.2) is 0 Å². The summed E-state index contributed by atoms with van der Waals surface area (Å²) in [4.78, 5) is 8.53. The predicted molar refractivity (Wildman–Crippen MR) is 80.1 cm³/mol. The topological polar surface area (TPSA) is 35.0 Å². The van der Waals surface area contributed by atoms with Crippen molar-refractivity contribution < 1.29 is 9.13 Å². The van der Waals surface area contributed by atoms with Gasteiger partial charge in [0.2, 0.25) is 0 Å². The first-order valence-electron chi connectivity index (χ1n) is 6.69. The highest BCUT2D eigenvalue weighted by Gasteiger charge is 2.21. The lowest BCUT2D eigenvalue weighted by molar-refractivity contribution is 0.185. The smallest absolute Gasteiger partial charge is 0.142 e. The summed E-state index contributed by atoms with van der Waals surface area (Å²) >= 11 is 12.4. The first-order chi connectivity index (χ1) is 10.1. The van der Waals surface area contributed by atoms with E-state index in [1.54, 1.807) is 18.2 Å². The lowest BCUT2D eigenvalue weighted by Crippen LogP contribution is -2.08. The van der Waals surface area contributed by atoms with Crippen molar-refractivity contribution in [3.63, 3.8) is 0 Å². The Hall–Kier alpha value is -1.23. The van der Waals surface area contributed by atoms with Gasteiger partial charge in [-0.25, -0.2) is 14.4 Å². The van der Waals surface area contributed by atoms with Crippen molar-refractivity contribution in [1.29, 1.82) is 0 Å². The van der Waals surface area contributed by atoms with Gasteiger partial charge >= 0.3 is 0 Å². The molecular weight excluding hydrogens is 314 g/mol. The molecule has 1 aromatic heterocycles. The standard InChI is InChI=1S/C15H13Cl2FN2O/c16-14-13(10-3-1-2-4-11(10)18)15(17)20-12(19-14)7-9-5-6-21-8-9/h1-4,9H,5-8H2. The monoisotopic (exact) mass is 326 g/mol. The first-order valence-corrected chi connectivity index (χ1v) is 7.45. The van der Waals surface area contributed by atoms with Crippen molar-refractivity contribution >= 4 is 23.2 Å². The summed E-state index contributed by atoms with van der Waals surface area (Å²) in [6, 6.07) is 6.28. The highest BCUT2D eigenvalue weighted by atomic mass is 35.5. The van der Waals surface area contributed by atoms with Crippen molar-refractivity contribution in [1.82, 2.24) is 9.97 Å². The zero-order chi connectivity index (χ0) is 14.8. The van der Waals surface area contributed by atoms with Crippen LogP contribution in [0.1, 0.15) is 12.2 Å². The van der Waals surface area contributed by atoms with E-state index in [0.717, 1.165) is 13.0 Å². The summed E-state index contributed by atoms with van der Waals surface area (Å²) in [5.74, 6) is 0.555. The molecule has 1 aliphatic heterocycles. The molecule has 110 valence electrons. The van der Waals surface area contributed by atoms with Gasteiger partial charge in [0, 0.05) is 25.2 Å². The van der Waals surface area contributed by atoms with Crippen molar-refractivity contribution in [2.45, 2.75) is 12.8 Å². The largest absolute Gasteiger partial charge is 0.381 e. The molecular formula is C15H13Cl2FN2O. The van der Waals surface area contributed by atoms with Crippen LogP contribution in [0.5, 0.6) is 0 Å². The lowest BCUT2D eigenvalue weighted by Gasteiger charge is -2.11. The van der Waals surface area contributed by atoms with E-state index in [-0.39, 0.29) is 10.3 Å². The fourth-order valence-electron chi connectivity index (χ4n) is 2.43. The quantitative estimate of drug-likeness (QED) is 0.794. The average Bonchev–Trinajstić information content (AvgIpc) is 2.93. The molecule has 0 bridgehead atoms. The molecule has 1 fully saturated rings. The Morgan fingerprint density at radius 1 is 1.19 bits per heavy atom. The Bertz CT molecular complexity index is 637. The Balaban J connectivity index is 1.94. The Kier molecular flexibility index (Phi) is 4.38. The molecule has 6 heteroatoms. The van der Waals surface area contributed by atoms with E-state index in [0.29, 0.717) is 35.9 Å². The molecule has 0 spiro atoms. The number of rotatable bonds is 3. The number of halogens is 3. The van der Waals surface area contributed by atoms with E-state index in [9.17, 15) is 4.39 Å². The molecule has 1 aliphatic rings. The van der Waals surface area contributed by atoms with Gasteiger partial charge in [0.25, 0.3) is 0 Å². The molecule has 0 N–H and O–H groups in total. The van der Waals surface area contributed by atoms with Crippen molar-refractivity contribution in [2.24, 2.45) is 5.92 Å². The molecule has 1 aromatic carbocycles. The number of hydrogen-bond donors (Lipinski definition) is 0. The van der Waals surface area contributed by atoms with E-state index in [1.807, 2.05) is 0 Å². The molecule has 21 heavy (non-hydrogen) atoms. The van der Waals surface area contributed by atoms with Gasteiger partial charge in [-0.15, -0.1) is 0 Å². The number of ether oxygens (including phenoxy) is 1. The highest BCUT2D eigenvalue weighted by molar-refractivity contribution is 6.37. The number of benzene rings is 1. The molecule has 2 heterocycles.